The second kappa shape index (κ2) is 6.61. The zero-order valence-corrected chi connectivity index (χ0v) is 16.3. The van der Waals surface area contributed by atoms with E-state index in [-0.39, 0.29) is 12.2 Å². The number of benzene rings is 2. The van der Waals surface area contributed by atoms with Crippen molar-refractivity contribution in [3.63, 3.8) is 0 Å². The van der Waals surface area contributed by atoms with Crippen LogP contribution in [0.2, 0.25) is 0 Å². The van der Waals surface area contributed by atoms with Gasteiger partial charge in [0.25, 0.3) is 0 Å². The van der Waals surface area contributed by atoms with Crippen molar-refractivity contribution in [2.24, 2.45) is 12.0 Å². The predicted octanol–water partition coefficient (Wildman–Crippen LogP) is 3.94. The fourth-order valence-corrected chi connectivity index (χ4v) is 3.96. The van der Waals surface area contributed by atoms with Crippen molar-refractivity contribution >= 4 is 22.8 Å². The minimum atomic E-state index is 0.00841. The van der Waals surface area contributed by atoms with Crippen molar-refractivity contribution < 1.29 is 9.47 Å². The molecule has 0 spiro atoms. The minimum Gasteiger partial charge on any atom is -0.493 e. The summed E-state index contributed by atoms with van der Waals surface area (Å²) in [7, 11) is 5.29. The lowest BCUT2D eigenvalue weighted by Crippen LogP contribution is -2.37. The zero-order valence-electron chi connectivity index (χ0n) is 16.3. The number of fused-ring (bicyclic) bond motifs is 2. The number of nitrogens with zero attached hydrogens (tertiary/aromatic N) is 4. The summed E-state index contributed by atoms with van der Waals surface area (Å²) in [6.07, 6.45) is 3.83. The molecule has 1 aromatic heterocycles. The zero-order chi connectivity index (χ0) is 19.1. The van der Waals surface area contributed by atoms with Crippen LogP contribution in [0.1, 0.15) is 31.0 Å². The molecule has 0 bridgehead atoms. The molecular weight excluding hydrogens is 340 g/mol. The molecule has 0 radical (unpaired) electrons. The van der Waals surface area contributed by atoms with Crippen LogP contribution >= 0.6 is 0 Å². The minimum absolute atomic E-state index is 0.00841. The molecule has 1 aliphatic heterocycles. The molecule has 2 heterocycles. The van der Waals surface area contributed by atoms with Crippen LogP contribution in [-0.2, 0) is 7.05 Å². The van der Waals surface area contributed by atoms with Crippen LogP contribution in [0.15, 0.2) is 41.5 Å². The number of hydrogen-bond donors (Lipinski definition) is 0. The fourth-order valence-electron chi connectivity index (χ4n) is 3.96. The van der Waals surface area contributed by atoms with Gasteiger partial charge >= 0.3 is 0 Å². The third-order valence-electron chi connectivity index (χ3n) is 5.30. The highest BCUT2D eigenvalue weighted by Gasteiger charge is 2.29. The maximum atomic E-state index is 5.54. The van der Waals surface area contributed by atoms with Gasteiger partial charge in [-0.3, -0.25) is 9.67 Å². The molecule has 27 heavy (non-hydrogen) atoms. The Morgan fingerprint density at radius 2 is 1.85 bits per heavy atom. The Balaban J connectivity index is 1.86. The lowest BCUT2D eigenvalue weighted by atomic mass is 10.00. The van der Waals surface area contributed by atoms with Crippen LogP contribution in [0.5, 0.6) is 11.5 Å². The summed E-state index contributed by atoms with van der Waals surface area (Å²) in [5, 5.41) is 5.57. The molecule has 6 nitrogen and oxygen atoms in total. The van der Waals surface area contributed by atoms with E-state index in [1.54, 1.807) is 14.2 Å². The van der Waals surface area contributed by atoms with E-state index >= 15 is 0 Å². The van der Waals surface area contributed by atoms with E-state index in [1.807, 2.05) is 36.3 Å². The SMILES string of the molecule is COc1cc2c(cc1OC)N(C(C)c1cccc3cnn(C)c13)C(C)N=C2. The van der Waals surface area contributed by atoms with Crippen LogP contribution in [0.25, 0.3) is 10.9 Å². The Morgan fingerprint density at radius 3 is 2.59 bits per heavy atom. The summed E-state index contributed by atoms with van der Waals surface area (Å²) in [6, 6.07) is 10.5. The van der Waals surface area contributed by atoms with Crippen LogP contribution < -0.4 is 14.4 Å². The number of para-hydroxylation sites is 1. The van der Waals surface area contributed by atoms with Gasteiger partial charge in [0.15, 0.2) is 11.5 Å². The van der Waals surface area contributed by atoms with Crippen molar-refractivity contribution in [2.75, 3.05) is 19.1 Å². The number of aliphatic imine (C=N–C) groups is 1. The van der Waals surface area contributed by atoms with E-state index in [0.29, 0.717) is 5.75 Å². The van der Waals surface area contributed by atoms with Crippen molar-refractivity contribution in [3.05, 3.63) is 47.7 Å². The molecule has 3 aromatic rings. The molecule has 2 unspecified atom stereocenters. The van der Waals surface area contributed by atoms with E-state index in [4.69, 9.17) is 14.5 Å². The third kappa shape index (κ3) is 2.72. The van der Waals surface area contributed by atoms with Crippen LogP contribution in [0.3, 0.4) is 0 Å². The molecular formula is C21H24N4O2. The number of rotatable bonds is 4. The second-order valence-corrected chi connectivity index (χ2v) is 6.81. The average molecular weight is 364 g/mol. The summed E-state index contributed by atoms with van der Waals surface area (Å²) in [4.78, 5) is 7.02. The van der Waals surface area contributed by atoms with Crippen LogP contribution in [0.4, 0.5) is 5.69 Å². The normalized spacial score (nSPS) is 17.1. The maximum absolute atomic E-state index is 5.54. The van der Waals surface area contributed by atoms with Crippen LogP contribution in [-0.4, -0.2) is 36.4 Å². The quantitative estimate of drug-likeness (QED) is 0.704. The summed E-state index contributed by atoms with van der Waals surface area (Å²) in [5.41, 5.74) is 4.47. The molecule has 1 aliphatic rings. The van der Waals surface area contributed by atoms with E-state index in [1.165, 1.54) is 5.56 Å². The Labute approximate surface area is 159 Å². The fraction of sp³-hybridized carbons (Fsp3) is 0.333. The lowest BCUT2D eigenvalue weighted by molar-refractivity contribution is 0.354. The highest BCUT2D eigenvalue weighted by molar-refractivity contribution is 5.92. The van der Waals surface area contributed by atoms with E-state index in [0.717, 1.165) is 27.9 Å². The second-order valence-electron chi connectivity index (χ2n) is 6.81. The van der Waals surface area contributed by atoms with Gasteiger partial charge in [-0.1, -0.05) is 18.2 Å². The topological polar surface area (TPSA) is 51.9 Å². The molecule has 0 fully saturated rings. The Hall–Kier alpha value is -3.02. The van der Waals surface area contributed by atoms with Gasteiger partial charge in [-0.25, -0.2) is 0 Å². The predicted molar refractivity (Wildman–Crippen MR) is 108 cm³/mol. The summed E-state index contributed by atoms with van der Waals surface area (Å²) in [6.45, 7) is 4.32. The van der Waals surface area contributed by atoms with E-state index in [9.17, 15) is 0 Å². The molecule has 6 heteroatoms. The van der Waals surface area contributed by atoms with Gasteiger partial charge in [0.2, 0.25) is 0 Å². The van der Waals surface area contributed by atoms with Crippen molar-refractivity contribution in [2.45, 2.75) is 26.1 Å². The first-order valence-corrected chi connectivity index (χ1v) is 9.03. The molecule has 4 rings (SSSR count). The Bertz CT molecular complexity index is 1020. The molecule has 0 saturated heterocycles. The number of ether oxygens (including phenoxy) is 2. The summed E-state index contributed by atoms with van der Waals surface area (Å²) < 4.78 is 12.9. The molecule has 0 N–H and O–H groups in total. The molecule has 0 amide bonds. The Morgan fingerprint density at radius 1 is 1.11 bits per heavy atom. The standard InChI is InChI=1S/C21H24N4O2/c1-13(17-8-6-7-15-12-23-24(3)21(15)17)25-14(2)22-11-16-9-19(26-4)20(27-5)10-18(16)25/h6-14H,1-5H3. The highest BCUT2D eigenvalue weighted by Crippen LogP contribution is 2.41. The lowest BCUT2D eigenvalue weighted by Gasteiger charge is -2.38. The first-order valence-electron chi connectivity index (χ1n) is 9.03. The number of methoxy groups -OCH3 is 2. The van der Waals surface area contributed by atoms with E-state index < -0.39 is 0 Å². The van der Waals surface area contributed by atoms with Gasteiger partial charge in [0, 0.05) is 35.8 Å². The maximum Gasteiger partial charge on any atom is 0.162 e. The average Bonchev–Trinajstić information content (AvgIpc) is 3.07. The van der Waals surface area contributed by atoms with Gasteiger partial charge in [0.1, 0.15) is 6.17 Å². The molecule has 0 aliphatic carbocycles. The summed E-state index contributed by atoms with van der Waals surface area (Å²) in [5.74, 6) is 1.42. The first-order chi connectivity index (χ1) is 13.0. The summed E-state index contributed by atoms with van der Waals surface area (Å²) >= 11 is 0. The molecule has 2 atom stereocenters. The Kier molecular flexibility index (Phi) is 4.26. The highest BCUT2D eigenvalue weighted by atomic mass is 16.5. The molecule has 0 saturated carbocycles. The molecule has 140 valence electrons. The van der Waals surface area contributed by atoms with Crippen molar-refractivity contribution in [1.29, 1.82) is 0 Å². The van der Waals surface area contributed by atoms with Gasteiger partial charge in [-0.05, 0) is 19.9 Å². The number of aryl methyl sites for hydroxylation is 1. The monoisotopic (exact) mass is 364 g/mol. The largest absolute Gasteiger partial charge is 0.493 e. The molecule has 2 aromatic carbocycles. The smallest absolute Gasteiger partial charge is 0.162 e. The van der Waals surface area contributed by atoms with E-state index in [2.05, 4.69) is 42.0 Å². The van der Waals surface area contributed by atoms with Crippen molar-refractivity contribution in [1.82, 2.24) is 9.78 Å². The van der Waals surface area contributed by atoms with Gasteiger partial charge < -0.3 is 14.4 Å². The number of aromatic nitrogens is 2. The number of anilines is 1. The van der Waals surface area contributed by atoms with Gasteiger partial charge in [-0.2, -0.15) is 5.10 Å². The third-order valence-corrected chi connectivity index (χ3v) is 5.30. The van der Waals surface area contributed by atoms with Crippen LogP contribution in [0, 0.1) is 0 Å². The number of hydrogen-bond acceptors (Lipinski definition) is 5. The van der Waals surface area contributed by atoms with Gasteiger partial charge in [0.05, 0.1) is 37.7 Å². The van der Waals surface area contributed by atoms with Gasteiger partial charge in [-0.15, -0.1) is 0 Å². The van der Waals surface area contributed by atoms with Crippen molar-refractivity contribution in [3.8, 4) is 11.5 Å². The first kappa shape index (κ1) is 17.4.